The lowest BCUT2D eigenvalue weighted by molar-refractivity contribution is 0.0940. The molecule has 12 nitrogen and oxygen atoms in total. The van der Waals surface area contributed by atoms with Crippen LogP contribution >= 0.6 is 0 Å². The molecule has 3 N–H and O–H groups in total. The van der Waals surface area contributed by atoms with Crippen molar-refractivity contribution in [1.82, 2.24) is 29.2 Å². The van der Waals surface area contributed by atoms with Gasteiger partial charge in [-0.2, -0.15) is 13.1 Å². The van der Waals surface area contributed by atoms with Gasteiger partial charge in [0.1, 0.15) is 17.9 Å². The molecule has 2 aromatic carbocycles. The van der Waals surface area contributed by atoms with Gasteiger partial charge in [0.2, 0.25) is 0 Å². The van der Waals surface area contributed by atoms with Crippen LogP contribution in [0.25, 0.3) is 22.1 Å². The maximum atomic E-state index is 14.2. The van der Waals surface area contributed by atoms with Crippen molar-refractivity contribution in [1.29, 1.82) is 0 Å². The number of ether oxygens (including phenoxy) is 1. The van der Waals surface area contributed by atoms with E-state index in [1.807, 2.05) is 18.2 Å². The fourth-order valence-electron chi connectivity index (χ4n) is 5.50. The largest absolute Gasteiger partial charge is 0.488 e. The molecule has 2 aliphatic rings. The van der Waals surface area contributed by atoms with Gasteiger partial charge in [0.15, 0.2) is 11.5 Å². The van der Waals surface area contributed by atoms with E-state index in [2.05, 4.69) is 30.8 Å². The number of nitrogens with zero attached hydrogens (tertiary/aromatic N) is 4. The minimum absolute atomic E-state index is 0.0639. The number of nitrogens with one attached hydrogen (secondary N) is 3. The van der Waals surface area contributed by atoms with Crippen LogP contribution in [0.3, 0.4) is 0 Å². The Morgan fingerprint density at radius 2 is 1.93 bits per heavy atom. The number of pyridine rings is 1. The Labute approximate surface area is 245 Å². The Hall–Kier alpha value is -5.19. The van der Waals surface area contributed by atoms with E-state index in [0.29, 0.717) is 39.0 Å². The third-order valence-electron chi connectivity index (χ3n) is 7.49. The van der Waals surface area contributed by atoms with Crippen LogP contribution in [-0.2, 0) is 16.8 Å². The van der Waals surface area contributed by atoms with E-state index in [1.165, 1.54) is 10.7 Å². The molecule has 4 heterocycles. The molecule has 0 unspecified atom stereocenters. The smallest absolute Gasteiger partial charge is 0.300 e. The minimum Gasteiger partial charge on any atom is -0.488 e. The first-order valence-electron chi connectivity index (χ1n) is 13.6. The second-order valence-corrected chi connectivity index (χ2v) is 11.9. The predicted molar refractivity (Wildman–Crippen MR) is 159 cm³/mol. The molecule has 1 aliphatic heterocycles. The molecule has 1 atom stereocenters. The first kappa shape index (κ1) is 26.7. The van der Waals surface area contributed by atoms with Crippen LogP contribution in [0.15, 0.2) is 65.7 Å². The van der Waals surface area contributed by atoms with Crippen LogP contribution in [0.4, 0.5) is 5.82 Å². The van der Waals surface area contributed by atoms with Crippen LogP contribution < -0.4 is 25.1 Å². The lowest BCUT2D eigenvalue weighted by atomic mass is 9.97. The molecule has 13 heteroatoms. The van der Waals surface area contributed by atoms with Crippen molar-refractivity contribution >= 4 is 38.4 Å². The quantitative estimate of drug-likeness (QED) is 0.234. The summed E-state index contributed by atoms with van der Waals surface area (Å²) in [5.41, 5.74) is 1.99. The van der Waals surface area contributed by atoms with Gasteiger partial charge in [0, 0.05) is 40.6 Å². The maximum Gasteiger partial charge on any atom is 0.300 e. The topological polar surface area (TPSA) is 149 Å². The number of carbonyl (C=O) groups is 1. The number of rotatable bonds is 8. The highest BCUT2D eigenvalue weighted by Crippen LogP contribution is 2.39. The Morgan fingerprint density at radius 1 is 1.14 bits per heavy atom. The van der Waals surface area contributed by atoms with Gasteiger partial charge in [0.25, 0.3) is 11.5 Å². The lowest BCUT2D eigenvalue weighted by Crippen LogP contribution is -2.35. The normalized spacial score (nSPS) is 14.8. The molecule has 216 valence electrons. The van der Waals surface area contributed by atoms with Crippen molar-refractivity contribution in [3.63, 3.8) is 0 Å². The first-order chi connectivity index (χ1) is 20.8. The Morgan fingerprint density at radius 3 is 2.67 bits per heavy atom. The van der Waals surface area contributed by atoms with Gasteiger partial charge in [-0.25, -0.2) is 9.50 Å². The van der Waals surface area contributed by atoms with Crippen molar-refractivity contribution in [3.8, 4) is 23.8 Å². The molecule has 1 fully saturated rings. The molecule has 0 spiro atoms. The van der Waals surface area contributed by atoms with Crippen LogP contribution in [0, 0.1) is 12.3 Å². The number of anilines is 1. The highest BCUT2D eigenvalue weighted by molar-refractivity contribution is 7.90. The summed E-state index contributed by atoms with van der Waals surface area (Å²) < 4.78 is 39.3. The van der Waals surface area contributed by atoms with Crippen molar-refractivity contribution in [3.05, 3.63) is 93.7 Å². The molecule has 1 amide bonds. The van der Waals surface area contributed by atoms with Gasteiger partial charge in [-0.1, -0.05) is 24.1 Å². The third kappa shape index (κ3) is 4.57. The monoisotopic (exact) mass is 595 g/mol. The fraction of sp³-hybridized carbons (Fsp3) is 0.200. The molecule has 1 saturated carbocycles. The molecule has 0 radical (unpaired) electrons. The van der Waals surface area contributed by atoms with Crippen molar-refractivity contribution in [2.24, 2.45) is 0 Å². The number of hydrogen-bond acceptors (Lipinski definition) is 7. The maximum absolute atomic E-state index is 14.2. The minimum atomic E-state index is -4.00. The molecule has 0 bridgehead atoms. The number of para-hydroxylation sites is 1. The Bertz CT molecular complexity index is 2160. The summed E-state index contributed by atoms with van der Waals surface area (Å²) in [6, 6.07) is 13.2. The lowest BCUT2D eigenvalue weighted by Gasteiger charge is -2.23. The molecule has 43 heavy (non-hydrogen) atoms. The number of aromatic nitrogens is 4. The van der Waals surface area contributed by atoms with Gasteiger partial charge < -0.3 is 10.1 Å². The summed E-state index contributed by atoms with van der Waals surface area (Å²) in [5.74, 6) is 2.33. The van der Waals surface area contributed by atoms with Crippen molar-refractivity contribution in [2.75, 3.05) is 4.72 Å². The zero-order chi connectivity index (χ0) is 29.9. The average molecular weight is 596 g/mol. The zero-order valence-electron chi connectivity index (χ0n) is 22.9. The third-order valence-corrected chi connectivity index (χ3v) is 8.59. The predicted octanol–water partition coefficient (Wildman–Crippen LogP) is 2.81. The zero-order valence-corrected chi connectivity index (χ0v) is 23.7. The van der Waals surface area contributed by atoms with Gasteiger partial charge in [0.05, 0.1) is 17.1 Å². The molecule has 3 aromatic heterocycles. The number of hydrogen-bond donors (Lipinski definition) is 3. The summed E-state index contributed by atoms with van der Waals surface area (Å²) in [4.78, 5) is 32.4. The highest BCUT2D eigenvalue weighted by Gasteiger charge is 2.33. The van der Waals surface area contributed by atoms with Crippen LogP contribution in [-0.4, -0.2) is 39.5 Å². The Balaban J connectivity index is 1.35. The van der Waals surface area contributed by atoms with E-state index < -0.39 is 22.2 Å². The van der Waals surface area contributed by atoms with Crippen LogP contribution in [0.1, 0.15) is 53.0 Å². The molecule has 7 rings (SSSR count). The van der Waals surface area contributed by atoms with Crippen molar-refractivity contribution < 1.29 is 17.9 Å². The fourth-order valence-corrected chi connectivity index (χ4v) is 6.63. The number of benzene rings is 2. The van der Waals surface area contributed by atoms with Gasteiger partial charge in [-0.05, 0) is 50.1 Å². The van der Waals surface area contributed by atoms with Gasteiger partial charge in [-0.15, -0.1) is 11.5 Å². The van der Waals surface area contributed by atoms with Gasteiger partial charge in [-0.3, -0.25) is 18.9 Å². The number of terminal acetylenes is 1. The highest BCUT2D eigenvalue weighted by atomic mass is 32.2. The van der Waals surface area contributed by atoms with E-state index in [4.69, 9.17) is 11.2 Å². The number of amides is 1. The standard InChI is InChI=1S/C30H25N7O5S/c1-3-18-10-13-22-24-21(16-42-22)26(37(30(39)23(18)24)20-8-5-4-6-9-20)17(2)32-29(38)25-27(33-36-15-7-14-31-28(25)36)35-43(40,41)34-19-11-12-19/h1,4-10,13-15,17,19,34H,11-12,16H2,2H3,(H,32,38)(H,33,35)/t17-/m0/s1. The molecule has 5 aromatic rings. The second-order valence-electron chi connectivity index (χ2n) is 10.4. The van der Waals surface area contributed by atoms with E-state index in [9.17, 15) is 18.0 Å². The van der Waals surface area contributed by atoms with Crippen molar-refractivity contribution in [2.45, 2.75) is 38.5 Å². The molecular weight excluding hydrogens is 570 g/mol. The van der Waals surface area contributed by atoms with Crippen LogP contribution in [0.2, 0.25) is 0 Å². The summed E-state index contributed by atoms with van der Waals surface area (Å²) in [6.45, 7) is 1.91. The number of carbonyl (C=O) groups excluding carboxylic acids is 1. The van der Waals surface area contributed by atoms with E-state index in [-0.39, 0.29) is 35.2 Å². The molecular formula is C30H25N7O5S. The molecule has 1 aliphatic carbocycles. The van der Waals surface area contributed by atoms with Gasteiger partial charge >= 0.3 is 10.2 Å². The second kappa shape index (κ2) is 9.97. The first-order valence-corrected chi connectivity index (χ1v) is 15.1. The SMILES string of the molecule is C#Cc1ccc2c3c(c([C@H](C)NC(=O)c4c(NS(=O)(=O)NC5CC5)nn5cccnc45)n(-c4ccccc4)c(=O)c13)CO2. The summed E-state index contributed by atoms with van der Waals surface area (Å²) >= 11 is 0. The van der Waals surface area contributed by atoms with Crippen LogP contribution in [0.5, 0.6) is 5.75 Å². The summed E-state index contributed by atoms with van der Waals surface area (Å²) in [6.07, 6.45) is 10.3. The van der Waals surface area contributed by atoms with E-state index >= 15 is 0 Å². The number of fused-ring (bicyclic) bond motifs is 1. The average Bonchev–Trinajstić information content (AvgIpc) is 3.57. The molecule has 0 saturated heterocycles. The summed E-state index contributed by atoms with van der Waals surface area (Å²) in [7, 11) is -4.00. The Kier molecular flexibility index (Phi) is 6.19. The summed E-state index contributed by atoms with van der Waals surface area (Å²) in [5, 5.41) is 8.21. The van der Waals surface area contributed by atoms with E-state index in [0.717, 1.165) is 12.8 Å². The van der Waals surface area contributed by atoms with E-state index in [1.54, 1.807) is 48.0 Å².